The van der Waals surface area contributed by atoms with Gasteiger partial charge in [-0.3, -0.25) is 0 Å². The van der Waals surface area contributed by atoms with Crippen LogP contribution in [0.25, 0.3) is 12.2 Å². The monoisotopic (exact) mass is 245 g/mol. The summed E-state index contributed by atoms with van der Waals surface area (Å²) in [6.07, 6.45) is 4.70. The topological polar surface area (TPSA) is 71.8 Å². The van der Waals surface area contributed by atoms with Crippen LogP contribution in [0.3, 0.4) is 0 Å². The van der Waals surface area contributed by atoms with Crippen molar-refractivity contribution < 1.29 is 4.92 Å². The van der Waals surface area contributed by atoms with Gasteiger partial charge in [-0.1, -0.05) is 50.3 Å². The van der Waals surface area contributed by atoms with Crippen LogP contribution >= 0.6 is 0 Å². The van der Waals surface area contributed by atoms with Gasteiger partial charge in [0.15, 0.2) is 12.0 Å². The minimum absolute atomic E-state index is 0.0906. The molecule has 5 nitrogen and oxygen atoms in total. The van der Waals surface area contributed by atoms with Crippen LogP contribution in [0, 0.1) is 10.1 Å². The van der Waals surface area contributed by atoms with E-state index in [-0.39, 0.29) is 5.82 Å². The zero-order valence-electron chi connectivity index (χ0n) is 10.3. The molecule has 2 aromatic rings. The van der Waals surface area contributed by atoms with Gasteiger partial charge in [-0.2, -0.15) is 0 Å². The molecule has 0 atom stereocenters. The molecule has 5 heteroatoms. The van der Waals surface area contributed by atoms with Crippen molar-refractivity contribution in [2.24, 2.45) is 0 Å². The lowest BCUT2D eigenvalue weighted by molar-refractivity contribution is -0.389. The number of hydrogen-bond acceptors (Lipinski definition) is 3. The fourth-order valence-electron chi connectivity index (χ4n) is 1.31. The Bertz CT molecular complexity index is 518. The standard InChI is InChI=1S/C11H9N3O2.C2H6/c15-14(16)11-10(12-8-13-11)7-6-9-4-2-1-3-5-9;1-2/h1-8H,(H,12,13);1-2H3/b7-6+;. The molecule has 0 radical (unpaired) electrons. The highest BCUT2D eigenvalue weighted by Crippen LogP contribution is 2.15. The van der Waals surface area contributed by atoms with Crippen molar-refractivity contribution in [3.8, 4) is 0 Å². The summed E-state index contributed by atoms with van der Waals surface area (Å²) in [6, 6.07) is 9.54. The fraction of sp³-hybridized carbons (Fsp3) is 0.154. The number of nitrogens with zero attached hydrogens (tertiary/aromatic N) is 2. The Morgan fingerprint density at radius 2 is 1.89 bits per heavy atom. The van der Waals surface area contributed by atoms with E-state index in [1.54, 1.807) is 12.2 Å². The molecule has 0 aliphatic rings. The number of aromatic nitrogens is 2. The van der Waals surface area contributed by atoms with Gasteiger partial charge in [-0.05, 0) is 16.6 Å². The molecule has 0 unspecified atom stereocenters. The van der Waals surface area contributed by atoms with Crippen molar-refractivity contribution in [1.82, 2.24) is 9.97 Å². The lowest BCUT2D eigenvalue weighted by Crippen LogP contribution is -1.89. The van der Waals surface area contributed by atoms with Crippen LogP contribution in [0.4, 0.5) is 5.82 Å². The number of nitrogens with one attached hydrogen (secondary N) is 1. The molecular formula is C13H15N3O2. The second-order valence-corrected chi connectivity index (χ2v) is 3.14. The molecule has 1 aromatic carbocycles. The average molecular weight is 245 g/mol. The molecule has 1 heterocycles. The molecule has 1 N–H and O–H groups in total. The summed E-state index contributed by atoms with van der Waals surface area (Å²) >= 11 is 0. The summed E-state index contributed by atoms with van der Waals surface area (Å²) < 4.78 is 0. The number of benzene rings is 1. The lowest BCUT2D eigenvalue weighted by atomic mass is 10.2. The maximum absolute atomic E-state index is 10.6. The minimum Gasteiger partial charge on any atom is -0.358 e. The van der Waals surface area contributed by atoms with Crippen LogP contribution < -0.4 is 0 Å². The molecular weight excluding hydrogens is 230 g/mol. The number of rotatable bonds is 3. The van der Waals surface area contributed by atoms with E-state index in [1.165, 1.54) is 6.33 Å². The lowest BCUT2D eigenvalue weighted by Gasteiger charge is -1.92. The van der Waals surface area contributed by atoms with Gasteiger partial charge in [-0.15, -0.1) is 0 Å². The summed E-state index contributed by atoms with van der Waals surface area (Å²) in [6.45, 7) is 4.00. The summed E-state index contributed by atoms with van der Waals surface area (Å²) in [4.78, 5) is 16.5. The normalized spacial score (nSPS) is 9.89. The van der Waals surface area contributed by atoms with Crippen LogP contribution in [-0.4, -0.2) is 14.9 Å². The summed E-state index contributed by atoms with van der Waals surface area (Å²) in [7, 11) is 0. The third kappa shape index (κ3) is 3.55. The number of imidazole rings is 1. The first-order valence-corrected chi connectivity index (χ1v) is 5.68. The van der Waals surface area contributed by atoms with Gasteiger partial charge in [0.25, 0.3) is 0 Å². The van der Waals surface area contributed by atoms with Gasteiger partial charge in [0, 0.05) is 0 Å². The largest absolute Gasteiger partial charge is 0.358 e. The molecule has 2 rings (SSSR count). The van der Waals surface area contributed by atoms with Crippen molar-refractivity contribution in [2.75, 3.05) is 0 Å². The van der Waals surface area contributed by atoms with E-state index < -0.39 is 4.92 Å². The van der Waals surface area contributed by atoms with Gasteiger partial charge in [0.1, 0.15) is 0 Å². The van der Waals surface area contributed by atoms with Crippen LogP contribution in [0.1, 0.15) is 25.1 Å². The number of nitro groups is 1. The Hall–Kier alpha value is -2.43. The van der Waals surface area contributed by atoms with E-state index in [9.17, 15) is 10.1 Å². The molecule has 0 saturated heterocycles. The number of hydrogen-bond donors (Lipinski definition) is 1. The predicted molar refractivity (Wildman–Crippen MR) is 72.0 cm³/mol. The Labute approximate surface area is 105 Å². The number of H-pyrrole nitrogens is 1. The third-order valence-corrected chi connectivity index (χ3v) is 2.06. The predicted octanol–water partition coefficient (Wildman–Crippen LogP) is 3.51. The summed E-state index contributed by atoms with van der Waals surface area (Å²) in [5.74, 6) is -0.0906. The van der Waals surface area contributed by atoms with E-state index >= 15 is 0 Å². The first-order valence-electron chi connectivity index (χ1n) is 5.68. The van der Waals surface area contributed by atoms with Crippen molar-refractivity contribution in [3.63, 3.8) is 0 Å². The molecule has 0 amide bonds. The molecule has 0 saturated carbocycles. The molecule has 1 aromatic heterocycles. The minimum atomic E-state index is -0.488. The van der Waals surface area contributed by atoms with E-state index in [0.717, 1.165) is 5.56 Å². The molecule has 18 heavy (non-hydrogen) atoms. The van der Waals surface area contributed by atoms with Gasteiger partial charge < -0.3 is 10.1 Å². The van der Waals surface area contributed by atoms with Crippen LogP contribution in [-0.2, 0) is 0 Å². The maximum atomic E-state index is 10.6. The van der Waals surface area contributed by atoms with Gasteiger partial charge in [0.2, 0.25) is 0 Å². The SMILES string of the molecule is CC.O=[N+]([O-])c1[nH]cnc1/C=C/c1ccccc1. The Balaban J connectivity index is 0.000000771. The highest BCUT2D eigenvalue weighted by atomic mass is 16.6. The molecule has 0 fully saturated rings. The third-order valence-electron chi connectivity index (χ3n) is 2.06. The zero-order valence-corrected chi connectivity index (χ0v) is 10.3. The quantitative estimate of drug-likeness (QED) is 0.664. The highest BCUT2D eigenvalue weighted by Gasteiger charge is 2.11. The zero-order chi connectivity index (χ0) is 13.4. The summed E-state index contributed by atoms with van der Waals surface area (Å²) in [5.41, 5.74) is 1.30. The number of aromatic amines is 1. The van der Waals surface area contributed by atoms with Gasteiger partial charge in [0.05, 0.1) is 0 Å². The summed E-state index contributed by atoms with van der Waals surface area (Å²) in [5, 5.41) is 10.6. The molecule has 0 spiro atoms. The molecule has 0 aliphatic carbocycles. The van der Waals surface area contributed by atoms with Gasteiger partial charge >= 0.3 is 5.82 Å². The Morgan fingerprint density at radius 1 is 1.22 bits per heavy atom. The first-order chi connectivity index (χ1) is 8.77. The Morgan fingerprint density at radius 3 is 2.50 bits per heavy atom. The highest BCUT2D eigenvalue weighted by molar-refractivity contribution is 5.70. The molecule has 0 aliphatic heterocycles. The van der Waals surface area contributed by atoms with E-state index in [1.807, 2.05) is 44.2 Å². The fourth-order valence-corrected chi connectivity index (χ4v) is 1.31. The molecule has 94 valence electrons. The average Bonchev–Trinajstić information content (AvgIpc) is 2.88. The second-order valence-electron chi connectivity index (χ2n) is 3.14. The van der Waals surface area contributed by atoms with Crippen molar-refractivity contribution in [3.05, 3.63) is 58.0 Å². The molecule has 0 bridgehead atoms. The van der Waals surface area contributed by atoms with Crippen LogP contribution in [0.2, 0.25) is 0 Å². The van der Waals surface area contributed by atoms with E-state index in [4.69, 9.17) is 0 Å². The first kappa shape index (κ1) is 13.6. The van der Waals surface area contributed by atoms with Gasteiger partial charge in [-0.25, -0.2) is 9.97 Å². The van der Waals surface area contributed by atoms with Crippen molar-refractivity contribution >= 4 is 18.0 Å². The maximum Gasteiger partial charge on any atom is 0.347 e. The second kappa shape index (κ2) is 7.01. The smallest absolute Gasteiger partial charge is 0.347 e. The van der Waals surface area contributed by atoms with E-state index in [2.05, 4.69) is 9.97 Å². The van der Waals surface area contributed by atoms with Crippen LogP contribution in [0.15, 0.2) is 36.7 Å². The van der Waals surface area contributed by atoms with E-state index in [0.29, 0.717) is 5.69 Å². The van der Waals surface area contributed by atoms with Crippen molar-refractivity contribution in [2.45, 2.75) is 13.8 Å². The Kier molecular flexibility index (Phi) is 5.31. The van der Waals surface area contributed by atoms with Crippen LogP contribution in [0.5, 0.6) is 0 Å². The van der Waals surface area contributed by atoms with Crippen molar-refractivity contribution in [1.29, 1.82) is 0 Å².